The molecule has 0 radical (unpaired) electrons. The van der Waals surface area contributed by atoms with Gasteiger partial charge in [0.1, 0.15) is 11.2 Å². The number of benzene rings is 8. The van der Waals surface area contributed by atoms with Crippen molar-refractivity contribution < 1.29 is 4.42 Å². The number of fused-ring (bicyclic) bond motifs is 6. The molecule has 0 N–H and O–H groups in total. The molecule has 1 fully saturated rings. The highest BCUT2D eigenvalue weighted by atomic mass is 16.3. The Morgan fingerprint density at radius 1 is 0.403 bits per heavy atom. The van der Waals surface area contributed by atoms with Crippen molar-refractivity contribution in [1.29, 1.82) is 0 Å². The van der Waals surface area contributed by atoms with Gasteiger partial charge in [-0.2, -0.15) is 0 Å². The van der Waals surface area contributed by atoms with Gasteiger partial charge in [-0.25, -0.2) is 15.0 Å². The van der Waals surface area contributed by atoms with Crippen molar-refractivity contribution in [3.8, 4) is 62.1 Å². The van der Waals surface area contributed by atoms with Crippen LogP contribution in [0.25, 0.3) is 106 Å². The van der Waals surface area contributed by atoms with E-state index in [0.29, 0.717) is 23.4 Å². The maximum Gasteiger partial charge on any atom is 0.164 e. The molecule has 11 aromatic rings. The highest BCUT2D eigenvalue weighted by Crippen LogP contribution is 2.41. The van der Waals surface area contributed by atoms with Crippen LogP contribution in [0.5, 0.6) is 0 Å². The molecule has 12 rings (SSSR count). The quantitative estimate of drug-likeness (QED) is 0.161. The molecule has 0 saturated heterocycles. The Labute approximate surface area is 360 Å². The van der Waals surface area contributed by atoms with E-state index in [0.717, 1.165) is 55.3 Å². The third-order valence-electron chi connectivity index (χ3n) is 12.9. The number of nitrogens with zero attached hydrogens (tertiary/aromatic N) is 4. The van der Waals surface area contributed by atoms with Gasteiger partial charge in [0.05, 0.1) is 11.0 Å². The molecule has 5 heteroatoms. The molecule has 296 valence electrons. The van der Waals surface area contributed by atoms with Crippen molar-refractivity contribution in [2.45, 2.75) is 38.0 Å². The van der Waals surface area contributed by atoms with Crippen LogP contribution in [0.2, 0.25) is 0 Å². The summed E-state index contributed by atoms with van der Waals surface area (Å²) < 4.78 is 8.97. The van der Waals surface area contributed by atoms with E-state index in [2.05, 4.69) is 132 Å². The fraction of sp³-hybridized carbons (Fsp3) is 0.105. The van der Waals surface area contributed by atoms with Crippen LogP contribution < -0.4 is 0 Å². The summed E-state index contributed by atoms with van der Waals surface area (Å²) in [6.45, 7) is 0. The monoisotopic (exact) mass is 798 g/mol. The number of aromatic nitrogens is 4. The predicted molar refractivity (Wildman–Crippen MR) is 254 cm³/mol. The average Bonchev–Trinajstić information content (AvgIpc) is 3.90. The van der Waals surface area contributed by atoms with Crippen molar-refractivity contribution in [1.82, 2.24) is 19.5 Å². The van der Waals surface area contributed by atoms with Crippen LogP contribution in [-0.2, 0) is 0 Å². The molecule has 0 bridgehead atoms. The van der Waals surface area contributed by atoms with E-state index in [1.54, 1.807) is 0 Å². The van der Waals surface area contributed by atoms with Gasteiger partial charge in [0, 0.05) is 43.9 Å². The molecule has 3 heterocycles. The summed E-state index contributed by atoms with van der Waals surface area (Å²) in [7, 11) is 0. The maximum absolute atomic E-state index is 6.54. The second kappa shape index (κ2) is 15.1. The minimum absolute atomic E-state index is 0.624. The fourth-order valence-corrected chi connectivity index (χ4v) is 9.77. The summed E-state index contributed by atoms with van der Waals surface area (Å²) >= 11 is 0. The largest absolute Gasteiger partial charge is 0.456 e. The Morgan fingerprint density at radius 2 is 1.00 bits per heavy atom. The molecule has 5 nitrogen and oxygen atoms in total. The van der Waals surface area contributed by atoms with E-state index in [1.807, 2.05) is 60.7 Å². The summed E-state index contributed by atoms with van der Waals surface area (Å²) in [6.07, 6.45) is 6.67. The van der Waals surface area contributed by atoms with Gasteiger partial charge in [-0.3, -0.25) is 0 Å². The first-order valence-corrected chi connectivity index (χ1v) is 21.8. The SMILES string of the molecule is c1ccc(-c2nc(-c3ccccc3)nc(-c3cccc(-c4cccc5oc6ccc(-c7ccc8c(c7)c7ccccc7n8-c7ccc(C8CCCCC8)cc7)cc6c45)c3)n2)cc1. The Bertz CT molecular complexity index is 3380. The van der Waals surface area contributed by atoms with Crippen molar-refractivity contribution >= 4 is 43.7 Å². The molecule has 0 aliphatic heterocycles. The van der Waals surface area contributed by atoms with Gasteiger partial charge in [-0.15, -0.1) is 0 Å². The van der Waals surface area contributed by atoms with Gasteiger partial charge >= 0.3 is 0 Å². The molecule has 3 aromatic heterocycles. The lowest BCUT2D eigenvalue weighted by Crippen LogP contribution is -2.04. The number of hydrogen-bond donors (Lipinski definition) is 0. The topological polar surface area (TPSA) is 56.7 Å². The number of hydrogen-bond acceptors (Lipinski definition) is 4. The minimum atomic E-state index is 0.624. The van der Waals surface area contributed by atoms with Gasteiger partial charge in [-0.05, 0) is 101 Å². The van der Waals surface area contributed by atoms with Gasteiger partial charge in [0.15, 0.2) is 17.5 Å². The van der Waals surface area contributed by atoms with Crippen LogP contribution in [0, 0.1) is 0 Å². The molecule has 0 unspecified atom stereocenters. The van der Waals surface area contributed by atoms with Crippen molar-refractivity contribution in [2.24, 2.45) is 0 Å². The predicted octanol–water partition coefficient (Wildman–Crippen LogP) is 15.3. The zero-order valence-corrected chi connectivity index (χ0v) is 34.2. The summed E-state index contributed by atoms with van der Waals surface area (Å²) in [5, 5.41) is 4.66. The van der Waals surface area contributed by atoms with E-state index < -0.39 is 0 Å². The molecule has 1 saturated carbocycles. The smallest absolute Gasteiger partial charge is 0.164 e. The molecule has 62 heavy (non-hydrogen) atoms. The first-order valence-electron chi connectivity index (χ1n) is 21.8. The van der Waals surface area contributed by atoms with Crippen LogP contribution in [0.4, 0.5) is 0 Å². The summed E-state index contributed by atoms with van der Waals surface area (Å²) in [4.78, 5) is 14.9. The molecule has 0 spiro atoms. The van der Waals surface area contributed by atoms with E-state index >= 15 is 0 Å². The second-order valence-corrected chi connectivity index (χ2v) is 16.6. The number of furan rings is 1. The van der Waals surface area contributed by atoms with Crippen LogP contribution >= 0.6 is 0 Å². The second-order valence-electron chi connectivity index (χ2n) is 16.6. The van der Waals surface area contributed by atoms with Crippen LogP contribution in [0.1, 0.15) is 43.6 Å². The summed E-state index contributed by atoms with van der Waals surface area (Å²) in [6, 6.07) is 66.7. The van der Waals surface area contributed by atoms with E-state index in [9.17, 15) is 0 Å². The van der Waals surface area contributed by atoms with Crippen molar-refractivity contribution in [3.05, 3.63) is 194 Å². The normalized spacial score (nSPS) is 13.4. The van der Waals surface area contributed by atoms with E-state index in [4.69, 9.17) is 19.4 Å². The number of rotatable bonds is 7. The standard InChI is InChI=1S/C57H42N4O/c1-4-14-37(15-5-1)38-26-30-45(31-27-38)61-50-24-11-10-22-47(50)48-35-41(28-32-51(48)61)42-29-33-52-49(36-42)54-46(23-13-25-53(54)62-52)43-20-12-21-44(34-43)57-59-55(39-16-6-2-7-17-39)58-56(60-57)40-18-8-3-9-19-40/h2-3,6-13,16-37H,1,4-5,14-15H2. The van der Waals surface area contributed by atoms with Gasteiger partial charge in [-0.1, -0.05) is 153 Å². The minimum Gasteiger partial charge on any atom is -0.456 e. The summed E-state index contributed by atoms with van der Waals surface area (Å²) in [5.41, 5.74) is 14.1. The third-order valence-corrected chi connectivity index (χ3v) is 12.9. The van der Waals surface area contributed by atoms with Gasteiger partial charge < -0.3 is 8.98 Å². The number of para-hydroxylation sites is 1. The Kier molecular flexibility index (Phi) is 8.84. The van der Waals surface area contributed by atoms with Gasteiger partial charge in [0.25, 0.3) is 0 Å². The molecule has 0 atom stereocenters. The molecule has 8 aromatic carbocycles. The molecular weight excluding hydrogens is 757 g/mol. The van der Waals surface area contributed by atoms with Crippen molar-refractivity contribution in [3.63, 3.8) is 0 Å². The Hall–Kier alpha value is -7.63. The lowest BCUT2D eigenvalue weighted by Gasteiger charge is -2.22. The first-order chi connectivity index (χ1) is 30.7. The van der Waals surface area contributed by atoms with E-state index in [1.165, 1.54) is 70.7 Å². The molecular formula is C57H42N4O. The zero-order valence-electron chi connectivity index (χ0n) is 34.2. The average molecular weight is 799 g/mol. The zero-order chi connectivity index (χ0) is 41.0. The molecule has 1 aliphatic rings. The Morgan fingerprint density at radius 3 is 1.74 bits per heavy atom. The van der Waals surface area contributed by atoms with E-state index in [-0.39, 0.29) is 0 Å². The fourth-order valence-electron chi connectivity index (χ4n) is 9.77. The van der Waals surface area contributed by atoms with Crippen LogP contribution in [0.3, 0.4) is 0 Å². The third kappa shape index (κ3) is 6.36. The lowest BCUT2D eigenvalue weighted by atomic mass is 9.84. The van der Waals surface area contributed by atoms with Crippen molar-refractivity contribution in [2.75, 3.05) is 0 Å². The molecule has 1 aliphatic carbocycles. The highest BCUT2D eigenvalue weighted by Gasteiger charge is 2.19. The molecule has 0 amide bonds. The first kappa shape index (κ1) is 36.2. The summed E-state index contributed by atoms with van der Waals surface area (Å²) in [5.74, 6) is 2.59. The lowest BCUT2D eigenvalue weighted by molar-refractivity contribution is 0.443. The van der Waals surface area contributed by atoms with Gasteiger partial charge in [0.2, 0.25) is 0 Å². The van der Waals surface area contributed by atoms with Crippen LogP contribution in [-0.4, -0.2) is 19.5 Å². The van der Waals surface area contributed by atoms with Crippen LogP contribution in [0.15, 0.2) is 192 Å². The maximum atomic E-state index is 6.54. The highest BCUT2D eigenvalue weighted by molar-refractivity contribution is 6.14. The Balaban J connectivity index is 0.944.